The third kappa shape index (κ3) is 3.74. The lowest BCUT2D eigenvalue weighted by molar-refractivity contribution is 0.0521. The van der Waals surface area contributed by atoms with Crippen molar-refractivity contribution in [3.8, 4) is 17.6 Å². The van der Waals surface area contributed by atoms with Crippen LogP contribution in [0.5, 0.6) is 5.75 Å². The highest BCUT2D eigenvalue weighted by molar-refractivity contribution is 9.10. The molecule has 102 valence electrons. The summed E-state index contributed by atoms with van der Waals surface area (Å²) in [6.45, 7) is 7.85. The van der Waals surface area contributed by atoms with Gasteiger partial charge in [0.25, 0.3) is 0 Å². The summed E-state index contributed by atoms with van der Waals surface area (Å²) in [5.74, 6) is 5.75. The van der Waals surface area contributed by atoms with Crippen LogP contribution in [0.4, 0.5) is 0 Å². The molecular formula is C15H17BrO3. The normalized spacial score (nSPS) is 9.53. The Kier molecular flexibility index (Phi) is 5.91. The van der Waals surface area contributed by atoms with Crippen LogP contribution in [-0.2, 0) is 4.74 Å². The number of halogens is 1. The van der Waals surface area contributed by atoms with Gasteiger partial charge in [-0.2, -0.15) is 0 Å². The second-order valence-corrected chi connectivity index (χ2v) is 4.79. The predicted molar refractivity (Wildman–Crippen MR) is 78.5 cm³/mol. The van der Waals surface area contributed by atoms with Crippen molar-refractivity contribution >= 4 is 21.9 Å². The maximum atomic E-state index is 12.0. The molecule has 0 radical (unpaired) electrons. The Morgan fingerprint density at radius 1 is 1.42 bits per heavy atom. The molecule has 0 saturated heterocycles. The molecule has 0 heterocycles. The summed E-state index contributed by atoms with van der Waals surface area (Å²) in [5.41, 5.74) is 2.15. The number of benzene rings is 1. The second kappa shape index (κ2) is 7.20. The minimum atomic E-state index is -0.366. The van der Waals surface area contributed by atoms with Crippen LogP contribution < -0.4 is 4.74 Å². The average Bonchev–Trinajstić information content (AvgIpc) is 2.35. The van der Waals surface area contributed by atoms with Crippen LogP contribution in [0.15, 0.2) is 10.5 Å². The predicted octanol–water partition coefficient (Wildman–Crippen LogP) is 3.64. The average molecular weight is 325 g/mol. The summed E-state index contributed by atoms with van der Waals surface area (Å²) in [6, 6.07) is 1.89. The van der Waals surface area contributed by atoms with Gasteiger partial charge in [-0.25, -0.2) is 4.79 Å². The van der Waals surface area contributed by atoms with Gasteiger partial charge in [0.15, 0.2) is 0 Å². The van der Waals surface area contributed by atoms with Crippen molar-refractivity contribution in [1.82, 2.24) is 0 Å². The van der Waals surface area contributed by atoms with Gasteiger partial charge >= 0.3 is 5.97 Å². The number of hydrogen-bond donors (Lipinski definition) is 0. The van der Waals surface area contributed by atoms with E-state index in [1.165, 1.54) is 0 Å². The van der Waals surface area contributed by atoms with E-state index in [0.717, 1.165) is 15.6 Å². The Morgan fingerprint density at radius 3 is 2.68 bits per heavy atom. The standard InChI is InChI=1S/C15H17BrO3/c1-5-7-8-19-14-11(4)12(16)9-10(3)13(14)15(17)18-6-2/h9H,6,8H2,1-4H3. The fraction of sp³-hybridized carbons (Fsp3) is 0.400. The van der Waals surface area contributed by atoms with Gasteiger partial charge in [0.2, 0.25) is 0 Å². The first-order valence-corrected chi connectivity index (χ1v) is 6.81. The fourth-order valence-corrected chi connectivity index (χ4v) is 2.19. The van der Waals surface area contributed by atoms with Gasteiger partial charge in [0.05, 0.1) is 6.61 Å². The van der Waals surface area contributed by atoms with Gasteiger partial charge < -0.3 is 9.47 Å². The minimum absolute atomic E-state index is 0.250. The van der Waals surface area contributed by atoms with Crippen LogP contribution in [0.25, 0.3) is 0 Å². The number of esters is 1. The first kappa shape index (κ1) is 15.6. The number of hydrogen-bond acceptors (Lipinski definition) is 3. The maximum Gasteiger partial charge on any atom is 0.342 e. The number of carbonyl (C=O) groups excluding carboxylic acids is 1. The quantitative estimate of drug-likeness (QED) is 0.626. The molecule has 0 atom stereocenters. The van der Waals surface area contributed by atoms with Crippen LogP contribution in [-0.4, -0.2) is 19.2 Å². The van der Waals surface area contributed by atoms with E-state index in [-0.39, 0.29) is 12.6 Å². The monoisotopic (exact) mass is 324 g/mol. The molecule has 3 nitrogen and oxygen atoms in total. The SMILES string of the molecule is CC#CCOc1c(C)c(Br)cc(C)c1C(=O)OCC. The molecule has 1 rings (SSSR count). The lowest BCUT2D eigenvalue weighted by Crippen LogP contribution is -2.11. The van der Waals surface area contributed by atoms with Gasteiger partial charge in [0.1, 0.15) is 17.9 Å². The summed E-state index contributed by atoms with van der Waals surface area (Å²) < 4.78 is 11.6. The first-order valence-electron chi connectivity index (χ1n) is 6.02. The Labute approximate surface area is 122 Å². The van der Waals surface area contributed by atoms with Crippen molar-refractivity contribution in [3.05, 3.63) is 27.2 Å². The van der Waals surface area contributed by atoms with Crippen molar-refractivity contribution in [3.63, 3.8) is 0 Å². The molecule has 0 N–H and O–H groups in total. The first-order chi connectivity index (χ1) is 9.02. The zero-order valence-corrected chi connectivity index (χ0v) is 13.2. The number of rotatable bonds is 4. The molecule has 0 spiro atoms. The molecule has 0 amide bonds. The molecule has 0 aliphatic rings. The molecule has 1 aromatic rings. The summed E-state index contributed by atoms with van der Waals surface area (Å²) in [7, 11) is 0. The van der Waals surface area contributed by atoms with Gasteiger partial charge in [-0.05, 0) is 39.3 Å². The third-order valence-electron chi connectivity index (χ3n) is 2.61. The molecular weight excluding hydrogens is 308 g/mol. The summed E-state index contributed by atoms with van der Waals surface area (Å²) in [4.78, 5) is 12.0. The highest BCUT2D eigenvalue weighted by atomic mass is 79.9. The van der Waals surface area contributed by atoms with E-state index in [4.69, 9.17) is 9.47 Å². The highest BCUT2D eigenvalue weighted by Gasteiger charge is 2.20. The molecule has 0 aromatic heterocycles. The third-order valence-corrected chi connectivity index (χ3v) is 3.43. The molecule has 0 aliphatic carbocycles. The van der Waals surface area contributed by atoms with Crippen LogP contribution >= 0.6 is 15.9 Å². The highest BCUT2D eigenvalue weighted by Crippen LogP contribution is 2.33. The smallest absolute Gasteiger partial charge is 0.342 e. The van der Waals surface area contributed by atoms with Crippen molar-refractivity contribution in [2.75, 3.05) is 13.2 Å². The Bertz CT molecular complexity index is 539. The molecule has 0 unspecified atom stereocenters. The second-order valence-electron chi connectivity index (χ2n) is 3.94. The minimum Gasteiger partial charge on any atom is -0.480 e. The van der Waals surface area contributed by atoms with Crippen LogP contribution in [0, 0.1) is 25.7 Å². The topological polar surface area (TPSA) is 35.5 Å². The van der Waals surface area contributed by atoms with Crippen molar-refractivity contribution in [1.29, 1.82) is 0 Å². The van der Waals surface area contributed by atoms with Crippen LogP contribution in [0.3, 0.4) is 0 Å². The maximum absolute atomic E-state index is 12.0. The van der Waals surface area contributed by atoms with E-state index < -0.39 is 0 Å². The Hall–Kier alpha value is -1.47. The van der Waals surface area contributed by atoms with E-state index in [1.807, 2.05) is 19.9 Å². The zero-order chi connectivity index (χ0) is 14.4. The lowest BCUT2D eigenvalue weighted by Gasteiger charge is -2.15. The molecule has 0 aliphatic heterocycles. The molecule has 0 saturated carbocycles. The zero-order valence-electron chi connectivity index (χ0n) is 11.6. The van der Waals surface area contributed by atoms with Gasteiger partial charge in [0, 0.05) is 10.0 Å². The molecule has 0 fully saturated rings. The molecule has 19 heavy (non-hydrogen) atoms. The van der Waals surface area contributed by atoms with Gasteiger partial charge in [-0.15, -0.1) is 5.92 Å². The summed E-state index contributed by atoms with van der Waals surface area (Å²) in [5, 5.41) is 0. The number of ether oxygens (including phenoxy) is 2. The Morgan fingerprint density at radius 2 is 2.11 bits per heavy atom. The lowest BCUT2D eigenvalue weighted by atomic mass is 10.0. The number of carbonyl (C=O) groups is 1. The van der Waals surface area contributed by atoms with Gasteiger partial charge in [-0.3, -0.25) is 0 Å². The van der Waals surface area contributed by atoms with E-state index >= 15 is 0 Å². The summed E-state index contributed by atoms with van der Waals surface area (Å²) >= 11 is 3.46. The van der Waals surface area contributed by atoms with Crippen molar-refractivity contribution in [2.45, 2.75) is 27.7 Å². The van der Waals surface area contributed by atoms with E-state index in [0.29, 0.717) is 17.9 Å². The van der Waals surface area contributed by atoms with E-state index in [9.17, 15) is 4.79 Å². The fourth-order valence-electron chi connectivity index (χ4n) is 1.66. The van der Waals surface area contributed by atoms with E-state index in [2.05, 4.69) is 27.8 Å². The largest absolute Gasteiger partial charge is 0.480 e. The van der Waals surface area contributed by atoms with Crippen molar-refractivity contribution in [2.24, 2.45) is 0 Å². The summed E-state index contributed by atoms with van der Waals surface area (Å²) in [6.07, 6.45) is 0. The Balaban J connectivity index is 3.27. The molecule has 1 aromatic carbocycles. The molecule has 4 heteroatoms. The molecule has 0 bridgehead atoms. The number of aryl methyl sites for hydroxylation is 1. The van der Waals surface area contributed by atoms with Crippen LogP contribution in [0.1, 0.15) is 35.3 Å². The van der Waals surface area contributed by atoms with E-state index in [1.54, 1.807) is 13.8 Å². The van der Waals surface area contributed by atoms with Crippen LogP contribution in [0.2, 0.25) is 0 Å². The van der Waals surface area contributed by atoms with Crippen molar-refractivity contribution < 1.29 is 14.3 Å². The van der Waals surface area contributed by atoms with Gasteiger partial charge in [-0.1, -0.05) is 21.9 Å².